The summed E-state index contributed by atoms with van der Waals surface area (Å²) in [5, 5.41) is 3.20. The Hall–Kier alpha value is -1.21. The third-order valence-corrected chi connectivity index (χ3v) is 4.41. The van der Waals surface area contributed by atoms with Gasteiger partial charge in [0.1, 0.15) is 0 Å². The molecule has 0 aromatic heterocycles. The number of carbonyl (C=O) groups excluding carboxylic acids is 1. The van der Waals surface area contributed by atoms with E-state index in [9.17, 15) is 18.0 Å². The third-order valence-electron chi connectivity index (χ3n) is 3.70. The van der Waals surface area contributed by atoms with Crippen molar-refractivity contribution in [3.05, 3.63) is 35.4 Å². The Labute approximate surface area is 132 Å². The quantitative estimate of drug-likeness (QED) is 0.920. The van der Waals surface area contributed by atoms with Gasteiger partial charge in [-0.15, -0.1) is 0 Å². The molecule has 22 heavy (non-hydrogen) atoms. The number of amides is 1. The highest BCUT2D eigenvalue weighted by Crippen LogP contribution is 2.31. The lowest BCUT2D eigenvalue weighted by atomic mass is 10.0. The molecule has 0 aliphatic carbocycles. The van der Waals surface area contributed by atoms with Crippen LogP contribution in [0.25, 0.3) is 0 Å². The number of nitrogens with zero attached hydrogens (tertiary/aromatic N) is 1. The van der Waals surface area contributed by atoms with E-state index in [4.69, 9.17) is 0 Å². The summed E-state index contributed by atoms with van der Waals surface area (Å²) in [7, 11) is 0. The van der Waals surface area contributed by atoms with Crippen molar-refractivity contribution in [1.82, 2.24) is 10.2 Å². The number of rotatable bonds is 4. The summed E-state index contributed by atoms with van der Waals surface area (Å²) >= 11 is -0.273. The molecule has 1 aliphatic rings. The molecular formula is C15H19F3N2OS. The Morgan fingerprint density at radius 2 is 2.05 bits per heavy atom. The lowest BCUT2D eigenvalue weighted by molar-refractivity contribution is -0.131. The second-order valence-corrected chi connectivity index (χ2v) is 6.18. The summed E-state index contributed by atoms with van der Waals surface area (Å²) in [4.78, 5) is 13.7. The number of hydrogen-bond acceptors (Lipinski definition) is 3. The Morgan fingerprint density at radius 1 is 1.36 bits per heavy atom. The highest BCUT2D eigenvalue weighted by Gasteiger charge is 2.33. The maximum Gasteiger partial charge on any atom is 0.442 e. The summed E-state index contributed by atoms with van der Waals surface area (Å²) in [6.07, 6.45) is 0.925. The van der Waals surface area contributed by atoms with Crippen molar-refractivity contribution in [1.29, 1.82) is 0 Å². The molecule has 2 rings (SSSR count). The predicted molar refractivity (Wildman–Crippen MR) is 81.7 cm³/mol. The van der Waals surface area contributed by atoms with Crippen LogP contribution in [0.1, 0.15) is 24.1 Å². The van der Waals surface area contributed by atoms with E-state index in [2.05, 4.69) is 12.2 Å². The number of hydrogen-bond donors (Lipinski definition) is 1. The zero-order chi connectivity index (χ0) is 16.2. The second-order valence-electron chi connectivity index (χ2n) is 5.14. The molecule has 1 N–H and O–H groups in total. The first-order chi connectivity index (χ1) is 10.4. The number of alkyl halides is 3. The van der Waals surface area contributed by atoms with Gasteiger partial charge < -0.3 is 10.2 Å². The molecule has 1 amide bonds. The Bertz CT molecular complexity index is 505. The summed E-state index contributed by atoms with van der Waals surface area (Å²) in [5.41, 5.74) is -2.23. The standard InChI is InChI=1S/C15H19F3N2OS/c1-2-11-3-5-12(6-4-11)13-9-19-7-8-20(13)14(21)10-22-15(16,17)18/h3-6,13,19H,2,7-10H2,1H3. The van der Waals surface area contributed by atoms with Crippen molar-refractivity contribution >= 4 is 17.7 Å². The van der Waals surface area contributed by atoms with E-state index in [1.807, 2.05) is 24.3 Å². The second kappa shape index (κ2) is 7.37. The molecule has 1 atom stereocenters. The molecule has 0 spiro atoms. The number of thioether (sulfide) groups is 1. The molecule has 1 fully saturated rings. The van der Waals surface area contributed by atoms with Gasteiger partial charge in [-0.2, -0.15) is 13.2 Å². The van der Waals surface area contributed by atoms with Crippen molar-refractivity contribution in [2.45, 2.75) is 24.9 Å². The molecule has 1 aromatic rings. The third kappa shape index (κ3) is 4.64. The normalized spacial score (nSPS) is 19.3. The maximum atomic E-state index is 12.3. The molecule has 0 bridgehead atoms. The molecule has 0 radical (unpaired) electrons. The lowest BCUT2D eigenvalue weighted by Gasteiger charge is -2.36. The fraction of sp³-hybridized carbons (Fsp3) is 0.533. The van der Waals surface area contributed by atoms with E-state index < -0.39 is 17.2 Å². The van der Waals surface area contributed by atoms with Gasteiger partial charge >= 0.3 is 5.51 Å². The SMILES string of the molecule is CCc1ccc(C2CNCCN2C(=O)CSC(F)(F)F)cc1. The van der Waals surface area contributed by atoms with E-state index in [0.717, 1.165) is 12.0 Å². The summed E-state index contributed by atoms with van der Waals surface area (Å²) in [6, 6.07) is 7.69. The lowest BCUT2D eigenvalue weighted by Crippen LogP contribution is -2.49. The first kappa shape index (κ1) is 17.1. The van der Waals surface area contributed by atoms with Crippen LogP contribution in [-0.4, -0.2) is 41.7 Å². The predicted octanol–water partition coefficient (Wildman–Crippen LogP) is 2.97. The molecule has 1 saturated heterocycles. The van der Waals surface area contributed by atoms with Gasteiger partial charge in [0.15, 0.2) is 0 Å². The first-order valence-corrected chi connectivity index (χ1v) is 8.19. The van der Waals surface area contributed by atoms with Gasteiger partial charge in [-0.05, 0) is 29.3 Å². The number of piperazine rings is 1. The van der Waals surface area contributed by atoms with Crippen LogP contribution in [0, 0.1) is 0 Å². The van der Waals surface area contributed by atoms with Crippen molar-refractivity contribution in [3.63, 3.8) is 0 Å². The minimum atomic E-state index is -4.37. The molecule has 1 heterocycles. The van der Waals surface area contributed by atoms with Crippen LogP contribution in [0.4, 0.5) is 13.2 Å². The molecule has 122 valence electrons. The first-order valence-electron chi connectivity index (χ1n) is 7.20. The van der Waals surface area contributed by atoms with Crippen molar-refractivity contribution in [2.75, 3.05) is 25.4 Å². The molecule has 3 nitrogen and oxygen atoms in total. The van der Waals surface area contributed by atoms with E-state index in [0.29, 0.717) is 19.6 Å². The van der Waals surface area contributed by atoms with Crippen LogP contribution in [0.2, 0.25) is 0 Å². The summed E-state index contributed by atoms with van der Waals surface area (Å²) < 4.78 is 36.8. The fourth-order valence-electron chi connectivity index (χ4n) is 2.50. The average Bonchev–Trinajstić information content (AvgIpc) is 2.52. The molecule has 7 heteroatoms. The van der Waals surface area contributed by atoms with E-state index in [1.165, 1.54) is 5.56 Å². The Morgan fingerprint density at radius 3 is 2.64 bits per heavy atom. The topological polar surface area (TPSA) is 32.3 Å². The van der Waals surface area contributed by atoms with Crippen LogP contribution in [0.3, 0.4) is 0 Å². The highest BCUT2D eigenvalue weighted by atomic mass is 32.2. The summed E-state index contributed by atoms with van der Waals surface area (Å²) in [6.45, 7) is 3.65. The van der Waals surface area contributed by atoms with Crippen molar-refractivity contribution in [2.24, 2.45) is 0 Å². The number of nitrogens with one attached hydrogen (secondary N) is 1. The van der Waals surface area contributed by atoms with Gasteiger partial charge in [-0.1, -0.05) is 31.2 Å². The zero-order valence-corrected chi connectivity index (χ0v) is 13.1. The minimum absolute atomic E-state index is 0.207. The van der Waals surface area contributed by atoms with Crippen LogP contribution < -0.4 is 5.32 Å². The largest absolute Gasteiger partial charge is 0.442 e. The average molecular weight is 332 g/mol. The Balaban J connectivity index is 2.08. The molecule has 1 aliphatic heterocycles. The van der Waals surface area contributed by atoms with Crippen LogP contribution in [0.5, 0.6) is 0 Å². The zero-order valence-electron chi connectivity index (χ0n) is 12.3. The van der Waals surface area contributed by atoms with Crippen molar-refractivity contribution < 1.29 is 18.0 Å². The molecule has 0 saturated carbocycles. The molecular weight excluding hydrogens is 313 g/mol. The Kier molecular flexibility index (Phi) is 5.74. The number of carbonyl (C=O) groups is 1. The highest BCUT2D eigenvalue weighted by molar-refractivity contribution is 8.00. The van der Waals surface area contributed by atoms with Gasteiger partial charge in [0, 0.05) is 19.6 Å². The summed E-state index contributed by atoms with van der Waals surface area (Å²) in [5.74, 6) is -1.03. The monoisotopic (exact) mass is 332 g/mol. The van der Waals surface area contributed by atoms with Gasteiger partial charge in [-0.25, -0.2) is 0 Å². The molecule has 1 unspecified atom stereocenters. The van der Waals surface area contributed by atoms with Crippen LogP contribution in [-0.2, 0) is 11.2 Å². The van der Waals surface area contributed by atoms with Gasteiger partial charge in [0.25, 0.3) is 0 Å². The fourth-order valence-corrected chi connectivity index (χ4v) is 2.96. The van der Waals surface area contributed by atoms with Crippen LogP contribution >= 0.6 is 11.8 Å². The molecule has 1 aromatic carbocycles. The van der Waals surface area contributed by atoms with Gasteiger partial charge in [0.05, 0.1) is 11.8 Å². The maximum absolute atomic E-state index is 12.3. The minimum Gasteiger partial charge on any atom is -0.332 e. The smallest absolute Gasteiger partial charge is 0.332 e. The van der Waals surface area contributed by atoms with Gasteiger partial charge in [0.2, 0.25) is 5.91 Å². The van der Waals surface area contributed by atoms with Crippen LogP contribution in [0.15, 0.2) is 24.3 Å². The van der Waals surface area contributed by atoms with Crippen molar-refractivity contribution in [3.8, 4) is 0 Å². The number of halogens is 3. The number of aryl methyl sites for hydroxylation is 1. The van der Waals surface area contributed by atoms with E-state index >= 15 is 0 Å². The van der Waals surface area contributed by atoms with E-state index in [1.54, 1.807) is 4.90 Å². The van der Waals surface area contributed by atoms with Gasteiger partial charge in [-0.3, -0.25) is 4.79 Å². The number of benzene rings is 1. The van der Waals surface area contributed by atoms with E-state index in [-0.39, 0.29) is 17.8 Å².